The summed E-state index contributed by atoms with van der Waals surface area (Å²) in [4.78, 5) is 11.7. The molecular formula is C11H17N3O4S. The number of aliphatic hydroxyl groups excluding tert-OH is 1. The predicted molar refractivity (Wildman–Crippen MR) is 72.3 cm³/mol. The fourth-order valence-corrected chi connectivity index (χ4v) is 2.31. The summed E-state index contributed by atoms with van der Waals surface area (Å²) in [6.07, 6.45) is 0. The van der Waals surface area contributed by atoms with Crippen LogP contribution in [-0.4, -0.2) is 44.1 Å². The number of hydrogen-bond donors (Lipinski definition) is 4. The Morgan fingerprint density at radius 1 is 1.32 bits per heavy atom. The van der Waals surface area contributed by atoms with Gasteiger partial charge in [-0.05, 0) is 18.2 Å². The van der Waals surface area contributed by atoms with Crippen LogP contribution in [0.3, 0.4) is 0 Å². The van der Waals surface area contributed by atoms with E-state index in [0.717, 1.165) is 0 Å². The van der Waals surface area contributed by atoms with Crippen molar-refractivity contribution in [1.29, 1.82) is 0 Å². The van der Waals surface area contributed by atoms with Gasteiger partial charge in [0.2, 0.25) is 0 Å². The van der Waals surface area contributed by atoms with Crippen molar-refractivity contribution in [3.63, 3.8) is 0 Å². The van der Waals surface area contributed by atoms with Gasteiger partial charge in [-0.2, -0.15) is 0 Å². The molecule has 0 aliphatic carbocycles. The first kappa shape index (κ1) is 15.4. The first-order chi connectivity index (χ1) is 8.98. The van der Waals surface area contributed by atoms with Crippen LogP contribution in [-0.2, 0) is 9.84 Å². The topological polar surface area (TPSA) is 122 Å². The van der Waals surface area contributed by atoms with Gasteiger partial charge in [0.25, 0.3) is 5.91 Å². The third-order valence-electron chi connectivity index (χ3n) is 2.39. The van der Waals surface area contributed by atoms with Crippen LogP contribution >= 0.6 is 0 Å². The molecule has 0 heterocycles. The molecule has 19 heavy (non-hydrogen) atoms. The van der Waals surface area contributed by atoms with E-state index >= 15 is 0 Å². The molecule has 0 spiro atoms. The molecule has 7 nitrogen and oxygen atoms in total. The van der Waals surface area contributed by atoms with E-state index in [2.05, 4.69) is 10.7 Å². The Kier molecular flexibility index (Phi) is 5.74. The molecule has 1 rings (SSSR count). The number of rotatable bonds is 7. The normalized spacial score (nSPS) is 11.1. The Labute approximate surface area is 111 Å². The molecule has 0 saturated carbocycles. The smallest absolute Gasteiger partial charge is 0.251 e. The Morgan fingerprint density at radius 3 is 2.68 bits per heavy atom. The number of nitrogen functional groups attached to an aromatic ring is 1. The van der Waals surface area contributed by atoms with Gasteiger partial charge in [-0.1, -0.05) is 6.07 Å². The zero-order valence-electron chi connectivity index (χ0n) is 10.3. The van der Waals surface area contributed by atoms with Crippen LogP contribution in [0.25, 0.3) is 0 Å². The molecule has 0 bridgehead atoms. The molecule has 106 valence electrons. The first-order valence-corrected chi connectivity index (χ1v) is 7.47. The number of anilines is 1. The largest absolute Gasteiger partial charge is 0.395 e. The molecule has 0 fully saturated rings. The van der Waals surface area contributed by atoms with Crippen molar-refractivity contribution < 1.29 is 18.3 Å². The van der Waals surface area contributed by atoms with Crippen molar-refractivity contribution >= 4 is 21.4 Å². The van der Waals surface area contributed by atoms with Crippen LogP contribution in [0.2, 0.25) is 0 Å². The number of carbonyl (C=O) groups is 1. The second kappa shape index (κ2) is 7.07. The van der Waals surface area contributed by atoms with Crippen molar-refractivity contribution in [2.75, 3.05) is 30.1 Å². The number of hydrazine groups is 1. The minimum absolute atomic E-state index is 0.00144. The van der Waals surface area contributed by atoms with Crippen molar-refractivity contribution in [3.8, 4) is 0 Å². The van der Waals surface area contributed by atoms with Gasteiger partial charge in [-0.25, -0.2) is 8.42 Å². The predicted octanol–water partition coefficient (Wildman–Crippen LogP) is -0.891. The third kappa shape index (κ3) is 5.25. The van der Waals surface area contributed by atoms with Crippen molar-refractivity contribution in [1.82, 2.24) is 5.32 Å². The molecule has 1 aromatic carbocycles. The van der Waals surface area contributed by atoms with E-state index in [-0.39, 0.29) is 24.0 Å². The zero-order valence-corrected chi connectivity index (χ0v) is 11.1. The molecule has 8 heteroatoms. The van der Waals surface area contributed by atoms with Crippen molar-refractivity contribution in [2.24, 2.45) is 5.84 Å². The highest BCUT2D eigenvalue weighted by Crippen LogP contribution is 2.08. The quantitative estimate of drug-likeness (QED) is 0.381. The summed E-state index contributed by atoms with van der Waals surface area (Å²) in [5.74, 6) is 4.35. The molecule has 0 radical (unpaired) electrons. The molecule has 5 N–H and O–H groups in total. The molecule has 0 unspecified atom stereocenters. The Morgan fingerprint density at radius 2 is 2.05 bits per heavy atom. The van der Waals surface area contributed by atoms with Gasteiger partial charge in [-0.3, -0.25) is 10.6 Å². The second-order valence-electron chi connectivity index (χ2n) is 3.86. The van der Waals surface area contributed by atoms with E-state index < -0.39 is 16.4 Å². The number of aliphatic hydroxyl groups is 1. The van der Waals surface area contributed by atoms with Crippen molar-refractivity contribution in [2.45, 2.75) is 0 Å². The van der Waals surface area contributed by atoms with E-state index in [1.165, 1.54) is 0 Å². The van der Waals surface area contributed by atoms with Gasteiger partial charge in [0, 0.05) is 17.8 Å². The highest BCUT2D eigenvalue weighted by Gasteiger charge is 2.11. The van der Waals surface area contributed by atoms with Gasteiger partial charge in [0.1, 0.15) is 0 Å². The Bertz CT molecular complexity index is 530. The summed E-state index contributed by atoms with van der Waals surface area (Å²) in [5.41, 5.74) is 3.38. The summed E-state index contributed by atoms with van der Waals surface area (Å²) < 4.78 is 22.6. The standard InChI is InChI=1S/C11H17N3O4S/c12-14-10-3-1-2-9(8-10)11(16)13-4-6-19(17,18)7-5-15/h1-3,8,14-15H,4-7,12H2,(H,13,16). The lowest BCUT2D eigenvalue weighted by molar-refractivity contribution is 0.0956. The summed E-state index contributed by atoms with van der Waals surface area (Å²) in [7, 11) is -3.32. The molecule has 1 amide bonds. The monoisotopic (exact) mass is 287 g/mol. The van der Waals surface area contributed by atoms with Gasteiger partial charge in [-0.15, -0.1) is 0 Å². The van der Waals surface area contributed by atoms with E-state index in [4.69, 9.17) is 10.9 Å². The summed E-state index contributed by atoms with van der Waals surface area (Å²) >= 11 is 0. The SMILES string of the molecule is NNc1cccc(C(=O)NCCS(=O)(=O)CCO)c1. The fourth-order valence-electron chi connectivity index (χ4n) is 1.41. The zero-order chi connectivity index (χ0) is 14.3. The van der Waals surface area contributed by atoms with Crippen LogP contribution in [0.1, 0.15) is 10.4 Å². The average Bonchev–Trinajstić information content (AvgIpc) is 2.38. The molecule has 0 aliphatic heterocycles. The van der Waals surface area contributed by atoms with Gasteiger partial charge < -0.3 is 15.8 Å². The van der Waals surface area contributed by atoms with Gasteiger partial charge >= 0.3 is 0 Å². The summed E-state index contributed by atoms with van der Waals surface area (Å²) in [6, 6.07) is 6.51. The number of carbonyl (C=O) groups excluding carboxylic acids is 1. The second-order valence-corrected chi connectivity index (χ2v) is 6.16. The average molecular weight is 287 g/mol. The van der Waals surface area contributed by atoms with E-state index in [1.807, 2.05) is 0 Å². The summed E-state index contributed by atoms with van der Waals surface area (Å²) in [6.45, 7) is -0.415. The summed E-state index contributed by atoms with van der Waals surface area (Å²) in [5, 5.41) is 11.1. The van der Waals surface area contributed by atoms with E-state index in [0.29, 0.717) is 11.3 Å². The van der Waals surface area contributed by atoms with Crippen LogP contribution in [0, 0.1) is 0 Å². The molecule has 0 aliphatic rings. The minimum atomic E-state index is -3.32. The number of benzene rings is 1. The highest BCUT2D eigenvalue weighted by atomic mass is 32.2. The maximum Gasteiger partial charge on any atom is 0.251 e. The van der Waals surface area contributed by atoms with Crippen molar-refractivity contribution in [3.05, 3.63) is 29.8 Å². The fraction of sp³-hybridized carbons (Fsp3) is 0.364. The minimum Gasteiger partial charge on any atom is -0.395 e. The first-order valence-electron chi connectivity index (χ1n) is 5.64. The van der Waals surface area contributed by atoms with Gasteiger partial charge in [0.15, 0.2) is 9.84 Å². The number of hydrogen-bond acceptors (Lipinski definition) is 6. The van der Waals surface area contributed by atoms with E-state index in [9.17, 15) is 13.2 Å². The van der Waals surface area contributed by atoms with Crippen LogP contribution in [0.4, 0.5) is 5.69 Å². The lowest BCUT2D eigenvalue weighted by Crippen LogP contribution is -2.30. The molecular weight excluding hydrogens is 270 g/mol. The Hall–Kier alpha value is -1.64. The Balaban J connectivity index is 2.52. The third-order valence-corrected chi connectivity index (χ3v) is 4.02. The highest BCUT2D eigenvalue weighted by molar-refractivity contribution is 7.91. The number of nitrogens with two attached hydrogens (primary N) is 1. The molecule has 0 saturated heterocycles. The maximum atomic E-state index is 11.7. The molecule has 0 atom stereocenters. The number of sulfone groups is 1. The number of amides is 1. The molecule has 0 aromatic heterocycles. The maximum absolute atomic E-state index is 11.7. The van der Waals surface area contributed by atoms with E-state index in [1.54, 1.807) is 24.3 Å². The van der Waals surface area contributed by atoms with Gasteiger partial charge in [0.05, 0.1) is 18.1 Å². The lowest BCUT2D eigenvalue weighted by atomic mass is 10.2. The molecule has 1 aromatic rings. The number of nitrogens with one attached hydrogen (secondary N) is 2. The van der Waals surface area contributed by atoms with Crippen LogP contribution in [0.5, 0.6) is 0 Å². The van der Waals surface area contributed by atoms with Crippen LogP contribution < -0.4 is 16.6 Å². The lowest BCUT2D eigenvalue weighted by Gasteiger charge is -2.07. The van der Waals surface area contributed by atoms with Crippen LogP contribution in [0.15, 0.2) is 24.3 Å².